The molecule has 0 saturated carbocycles. The molecule has 1 saturated heterocycles. The minimum atomic E-state index is -3.69. The molecule has 2 N–H and O–H groups in total. The number of nitrogens with one attached hydrogen (secondary N) is 2. The first kappa shape index (κ1) is 21.5. The smallest absolute Gasteiger partial charge is 0.251 e. The van der Waals surface area contributed by atoms with E-state index in [1.54, 1.807) is 12.1 Å². The molecule has 0 bridgehead atoms. The zero-order valence-electron chi connectivity index (χ0n) is 17.0. The molecule has 6 nitrogen and oxygen atoms in total. The van der Waals surface area contributed by atoms with E-state index in [1.165, 1.54) is 29.2 Å². The zero-order chi connectivity index (χ0) is 21.7. The maximum atomic E-state index is 12.6. The Morgan fingerprint density at radius 3 is 2.68 bits per heavy atom. The van der Waals surface area contributed by atoms with Crippen LogP contribution in [0.15, 0.2) is 77.0 Å². The van der Waals surface area contributed by atoms with E-state index in [1.807, 2.05) is 35.7 Å². The van der Waals surface area contributed by atoms with Gasteiger partial charge in [-0.15, -0.1) is 11.3 Å². The summed E-state index contributed by atoms with van der Waals surface area (Å²) in [6.45, 7) is 2.66. The molecule has 1 amide bonds. The van der Waals surface area contributed by atoms with Crippen molar-refractivity contribution in [2.24, 2.45) is 5.92 Å². The van der Waals surface area contributed by atoms with Crippen molar-refractivity contribution < 1.29 is 13.2 Å². The molecule has 162 valence electrons. The lowest BCUT2D eigenvalue weighted by Gasteiger charge is -2.18. The number of sulfonamides is 1. The topological polar surface area (TPSA) is 78.5 Å². The fourth-order valence-electron chi connectivity index (χ4n) is 3.68. The number of nitrogens with zero attached hydrogens (tertiary/aromatic N) is 1. The van der Waals surface area contributed by atoms with Crippen molar-refractivity contribution in [3.8, 4) is 0 Å². The summed E-state index contributed by atoms with van der Waals surface area (Å²) in [5, 5.41) is 4.87. The van der Waals surface area contributed by atoms with Crippen molar-refractivity contribution in [2.75, 3.05) is 24.5 Å². The summed E-state index contributed by atoms with van der Waals surface area (Å²) in [6.07, 6.45) is 1.01. The molecule has 31 heavy (non-hydrogen) atoms. The number of hydrogen-bond acceptors (Lipinski definition) is 5. The molecule has 4 rings (SSSR count). The van der Waals surface area contributed by atoms with Crippen LogP contribution in [0.4, 0.5) is 5.69 Å². The summed E-state index contributed by atoms with van der Waals surface area (Å²) in [5.74, 6) is 0.108. The largest absolute Gasteiger partial charge is 0.371 e. The summed E-state index contributed by atoms with van der Waals surface area (Å²) in [4.78, 5) is 16.0. The highest BCUT2D eigenvalue weighted by molar-refractivity contribution is 7.89. The first-order chi connectivity index (χ1) is 15.0. The van der Waals surface area contributed by atoms with Gasteiger partial charge in [-0.05, 0) is 54.1 Å². The highest BCUT2D eigenvalue weighted by Gasteiger charge is 2.23. The summed E-state index contributed by atoms with van der Waals surface area (Å²) in [5.41, 5.74) is 1.54. The molecule has 2 heterocycles. The minimum absolute atomic E-state index is 0.0906. The first-order valence-corrected chi connectivity index (χ1v) is 12.6. The third kappa shape index (κ3) is 5.52. The monoisotopic (exact) mass is 455 g/mol. The summed E-state index contributed by atoms with van der Waals surface area (Å²) in [6, 6.07) is 20.2. The number of amides is 1. The standard InChI is InChI=1S/C23H25N3O3S2/c27-23(24-15-18-11-12-26(17-18)20-7-2-1-3-8-20)19-6-4-10-22(14-19)31(28,29)25-16-21-9-5-13-30-21/h1-10,13-14,18,25H,11-12,15-17H2,(H,24,27). The van der Waals surface area contributed by atoms with Crippen molar-refractivity contribution in [3.63, 3.8) is 0 Å². The van der Waals surface area contributed by atoms with E-state index in [-0.39, 0.29) is 17.3 Å². The van der Waals surface area contributed by atoms with Gasteiger partial charge in [-0.25, -0.2) is 13.1 Å². The third-order valence-electron chi connectivity index (χ3n) is 5.38. The number of hydrogen-bond donors (Lipinski definition) is 2. The van der Waals surface area contributed by atoms with E-state index in [9.17, 15) is 13.2 Å². The van der Waals surface area contributed by atoms with E-state index in [0.717, 1.165) is 24.4 Å². The predicted molar refractivity (Wildman–Crippen MR) is 124 cm³/mol. The highest BCUT2D eigenvalue weighted by atomic mass is 32.2. The molecule has 0 aliphatic carbocycles. The van der Waals surface area contributed by atoms with Crippen LogP contribution in [0.1, 0.15) is 21.7 Å². The second-order valence-corrected chi connectivity index (χ2v) is 10.4. The van der Waals surface area contributed by atoms with Crippen LogP contribution in [0, 0.1) is 5.92 Å². The van der Waals surface area contributed by atoms with Crippen LogP contribution in [0.25, 0.3) is 0 Å². The molecular formula is C23H25N3O3S2. The van der Waals surface area contributed by atoms with Gasteiger partial charge in [-0.2, -0.15) is 0 Å². The molecular weight excluding hydrogens is 430 g/mol. The van der Waals surface area contributed by atoms with E-state index < -0.39 is 10.0 Å². The van der Waals surface area contributed by atoms with Crippen molar-refractivity contribution in [1.29, 1.82) is 0 Å². The second-order valence-electron chi connectivity index (χ2n) is 7.58. The quantitative estimate of drug-likeness (QED) is 0.545. The van der Waals surface area contributed by atoms with Gasteiger partial charge in [0.25, 0.3) is 5.91 Å². The molecule has 1 atom stereocenters. The van der Waals surface area contributed by atoms with Crippen LogP contribution in [0.5, 0.6) is 0 Å². The lowest BCUT2D eigenvalue weighted by molar-refractivity contribution is 0.0948. The zero-order valence-corrected chi connectivity index (χ0v) is 18.7. The first-order valence-electron chi connectivity index (χ1n) is 10.2. The molecule has 1 fully saturated rings. The molecule has 1 aliphatic rings. The molecule has 0 radical (unpaired) electrons. The van der Waals surface area contributed by atoms with E-state index in [0.29, 0.717) is 18.0 Å². The Morgan fingerprint density at radius 2 is 1.90 bits per heavy atom. The van der Waals surface area contributed by atoms with Crippen LogP contribution in [0.3, 0.4) is 0 Å². The normalized spacial score (nSPS) is 16.4. The van der Waals surface area contributed by atoms with Gasteiger partial charge in [0, 0.05) is 42.3 Å². The van der Waals surface area contributed by atoms with Gasteiger partial charge in [0.05, 0.1) is 4.90 Å². The highest BCUT2D eigenvalue weighted by Crippen LogP contribution is 2.23. The number of anilines is 1. The van der Waals surface area contributed by atoms with Crippen molar-refractivity contribution >= 4 is 33.0 Å². The summed E-state index contributed by atoms with van der Waals surface area (Å²) < 4.78 is 27.8. The van der Waals surface area contributed by atoms with Gasteiger partial charge < -0.3 is 10.2 Å². The van der Waals surface area contributed by atoms with Gasteiger partial charge in [0.1, 0.15) is 0 Å². The predicted octanol–water partition coefficient (Wildman–Crippen LogP) is 3.48. The van der Waals surface area contributed by atoms with Gasteiger partial charge in [0.15, 0.2) is 0 Å². The maximum Gasteiger partial charge on any atom is 0.251 e. The Hall–Kier alpha value is -2.68. The maximum absolute atomic E-state index is 12.6. The van der Waals surface area contributed by atoms with Gasteiger partial charge >= 0.3 is 0 Å². The Kier molecular flexibility index (Phi) is 6.70. The van der Waals surface area contributed by atoms with E-state index in [4.69, 9.17) is 0 Å². The molecule has 0 spiro atoms. The van der Waals surface area contributed by atoms with Gasteiger partial charge in [0.2, 0.25) is 10.0 Å². The number of rotatable bonds is 8. The Balaban J connectivity index is 1.33. The second kappa shape index (κ2) is 9.64. The van der Waals surface area contributed by atoms with Crippen LogP contribution in [-0.2, 0) is 16.6 Å². The van der Waals surface area contributed by atoms with Crippen LogP contribution in [-0.4, -0.2) is 34.0 Å². The van der Waals surface area contributed by atoms with E-state index >= 15 is 0 Å². The molecule has 1 unspecified atom stereocenters. The third-order valence-corrected chi connectivity index (χ3v) is 7.66. The minimum Gasteiger partial charge on any atom is -0.371 e. The summed E-state index contributed by atoms with van der Waals surface area (Å²) >= 11 is 1.49. The Labute approximate surface area is 187 Å². The lowest BCUT2D eigenvalue weighted by atomic mass is 10.1. The van der Waals surface area contributed by atoms with Crippen molar-refractivity contribution in [3.05, 3.63) is 82.6 Å². The average molecular weight is 456 g/mol. The van der Waals surface area contributed by atoms with Gasteiger partial charge in [-0.3, -0.25) is 4.79 Å². The Bertz CT molecular complexity index is 1120. The molecule has 8 heteroatoms. The van der Waals surface area contributed by atoms with Crippen LogP contribution < -0.4 is 14.9 Å². The van der Waals surface area contributed by atoms with Gasteiger partial charge in [-0.1, -0.05) is 30.3 Å². The number of benzene rings is 2. The van der Waals surface area contributed by atoms with Crippen LogP contribution in [0.2, 0.25) is 0 Å². The molecule has 1 aromatic heterocycles. The summed E-state index contributed by atoms with van der Waals surface area (Å²) in [7, 11) is -3.69. The van der Waals surface area contributed by atoms with Crippen molar-refractivity contribution in [1.82, 2.24) is 10.0 Å². The molecule has 1 aliphatic heterocycles. The number of carbonyl (C=O) groups is 1. The fraction of sp³-hybridized carbons (Fsp3) is 0.261. The number of thiophene rings is 1. The fourth-order valence-corrected chi connectivity index (χ4v) is 5.47. The number of carbonyl (C=O) groups excluding carboxylic acids is 1. The number of para-hydroxylation sites is 1. The average Bonchev–Trinajstić information content (AvgIpc) is 3.49. The SMILES string of the molecule is O=C(NCC1CCN(c2ccccc2)C1)c1cccc(S(=O)(=O)NCc2cccs2)c1. The van der Waals surface area contributed by atoms with Crippen molar-refractivity contribution in [2.45, 2.75) is 17.9 Å². The molecule has 2 aromatic carbocycles. The van der Waals surface area contributed by atoms with Crippen LogP contribution >= 0.6 is 11.3 Å². The lowest BCUT2D eigenvalue weighted by Crippen LogP contribution is -2.31. The molecule has 3 aromatic rings. The van der Waals surface area contributed by atoms with E-state index in [2.05, 4.69) is 27.1 Å². The Morgan fingerprint density at radius 1 is 1.06 bits per heavy atom.